The molecule has 0 saturated heterocycles. The molecular formula is C19H24N2O3. The number of nitrogens with two attached hydrogens (primary N) is 1. The van der Waals surface area contributed by atoms with Gasteiger partial charge in [0.2, 0.25) is 0 Å². The third kappa shape index (κ3) is 3.16. The van der Waals surface area contributed by atoms with Gasteiger partial charge in [-0.2, -0.15) is 0 Å². The fraction of sp³-hybridized carbons (Fsp3) is 0.474. The molecule has 2 aromatic rings. The zero-order chi connectivity index (χ0) is 17.1. The Morgan fingerprint density at radius 1 is 1.29 bits per heavy atom. The summed E-state index contributed by atoms with van der Waals surface area (Å²) in [4.78, 5) is 16.1. The Kier molecular flexibility index (Phi) is 4.88. The third-order valence-electron chi connectivity index (χ3n) is 4.73. The molecule has 3 N–H and O–H groups in total. The van der Waals surface area contributed by atoms with Gasteiger partial charge in [0.15, 0.2) is 0 Å². The van der Waals surface area contributed by atoms with Crippen molar-refractivity contribution in [3.8, 4) is 5.75 Å². The Balaban J connectivity index is 2.08. The standard InChI is InChI=1S/C19H24N2O3/c1-2-13-17(19(22)23)18(20)16-14(21-13)10-7-11-15(16)24-12-8-5-3-4-6-9-12/h7,10-12H,2-6,8-9H2,1H3,(H2,20,21)(H,22,23). The molecule has 24 heavy (non-hydrogen) atoms. The lowest BCUT2D eigenvalue weighted by Gasteiger charge is -2.20. The summed E-state index contributed by atoms with van der Waals surface area (Å²) >= 11 is 0. The monoisotopic (exact) mass is 328 g/mol. The molecule has 1 aromatic carbocycles. The molecule has 0 spiro atoms. The first-order valence-electron chi connectivity index (χ1n) is 8.72. The fourth-order valence-electron chi connectivity index (χ4n) is 3.50. The maximum absolute atomic E-state index is 11.6. The van der Waals surface area contributed by atoms with Gasteiger partial charge in [-0.15, -0.1) is 0 Å². The smallest absolute Gasteiger partial charge is 0.339 e. The van der Waals surface area contributed by atoms with E-state index >= 15 is 0 Å². The molecule has 0 aliphatic heterocycles. The van der Waals surface area contributed by atoms with E-state index in [1.165, 1.54) is 25.7 Å². The van der Waals surface area contributed by atoms with Gasteiger partial charge >= 0.3 is 5.97 Å². The van der Waals surface area contributed by atoms with Gasteiger partial charge in [0.1, 0.15) is 11.3 Å². The molecule has 1 heterocycles. The van der Waals surface area contributed by atoms with Gasteiger partial charge in [0.25, 0.3) is 0 Å². The molecule has 1 saturated carbocycles. The predicted molar refractivity (Wildman–Crippen MR) is 94.6 cm³/mol. The summed E-state index contributed by atoms with van der Waals surface area (Å²) in [6.45, 7) is 1.88. The average molecular weight is 328 g/mol. The van der Waals surface area contributed by atoms with Crippen LogP contribution in [-0.4, -0.2) is 22.2 Å². The SMILES string of the molecule is CCc1nc2cccc(OC3CCCCCC3)c2c(N)c1C(=O)O. The Hall–Kier alpha value is -2.30. The first-order valence-corrected chi connectivity index (χ1v) is 8.72. The number of aryl methyl sites for hydroxylation is 1. The predicted octanol–water partition coefficient (Wildman–Crippen LogP) is 4.18. The molecule has 1 aliphatic rings. The number of pyridine rings is 1. The van der Waals surface area contributed by atoms with Crippen molar-refractivity contribution in [2.24, 2.45) is 0 Å². The number of carboxylic acid groups (broad SMARTS) is 1. The lowest BCUT2D eigenvalue weighted by atomic mass is 10.0. The minimum Gasteiger partial charge on any atom is -0.490 e. The van der Waals surface area contributed by atoms with Gasteiger partial charge in [0, 0.05) is 0 Å². The van der Waals surface area contributed by atoms with Crippen molar-refractivity contribution in [3.05, 3.63) is 29.5 Å². The van der Waals surface area contributed by atoms with Crippen molar-refractivity contribution >= 4 is 22.6 Å². The molecule has 0 radical (unpaired) electrons. The van der Waals surface area contributed by atoms with Crippen LogP contribution in [0.5, 0.6) is 5.75 Å². The second-order valence-corrected chi connectivity index (χ2v) is 6.39. The number of carbonyl (C=O) groups is 1. The zero-order valence-electron chi connectivity index (χ0n) is 14.0. The normalized spacial score (nSPS) is 16.0. The van der Waals surface area contributed by atoms with E-state index in [1.54, 1.807) is 0 Å². The number of aromatic nitrogens is 1. The largest absolute Gasteiger partial charge is 0.490 e. The second-order valence-electron chi connectivity index (χ2n) is 6.39. The number of ether oxygens (including phenoxy) is 1. The Morgan fingerprint density at radius 3 is 2.62 bits per heavy atom. The summed E-state index contributed by atoms with van der Waals surface area (Å²) in [6.07, 6.45) is 7.59. The van der Waals surface area contributed by atoms with Gasteiger partial charge in [-0.3, -0.25) is 4.98 Å². The van der Waals surface area contributed by atoms with Gasteiger partial charge in [0.05, 0.1) is 28.4 Å². The van der Waals surface area contributed by atoms with Crippen LogP contribution in [0.4, 0.5) is 5.69 Å². The van der Waals surface area contributed by atoms with Crippen LogP contribution in [0.15, 0.2) is 18.2 Å². The maximum Gasteiger partial charge on any atom is 0.339 e. The van der Waals surface area contributed by atoms with Gasteiger partial charge in [-0.1, -0.05) is 25.8 Å². The number of hydrogen-bond donors (Lipinski definition) is 2. The van der Waals surface area contributed by atoms with E-state index in [0.717, 1.165) is 12.8 Å². The maximum atomic E-state index is 11.6. The van der Waals surface area contributed by atoms with Crippen LogP contribution in [0.2, 0.25) is 0 Å². The number of fused-ring (bicyclic) bond motifs is 1. The van der Waals surface area contributed by atoms with E-state index in [1.807, 2.05) is 25.1 Å². The zero-order valence-corrected chi connectivity index (χ0v) is 14.0. The third-order valence-corrected chi connectivity index (χ3v) is 4.73. The number of benzene rings is 1. The van der Waals surface area contributed by atoms with E-state index in [-0.39, 0.29) is 17.4 Å². The minimum atomic E-state index is -1.04. The molecule has 1 aliphatic carbocycles. The summed E-state index contributed by atoms with van der Waals surface area (Å²) in [7, 11) is 0. The second kappa shape index (κ2) is 7.07. The van der Waals surface area contributed by atoms with Crippen molar-refractivity contribution in [1.82, 2.24) is 4.98 Å². The summed E-state index contributed by atoms with van der Waals surface area (Å²) < 4.78 is 6.22. The number of aromatic carboxylic acids is 1. The van der Waals surface area contributed by atoms with Crippen LogP contribution in [0.1, 0.15) is 61.5 Å². The number of rotatable bonds is 4. The van der Waals surface area contributed by atoms with Crippen molar-refractivity contribution in [1.29, 1.82) is 0 Å². The summed E-state index contributed by atoms with van der Waals surface area (Å²) in [5.41, 5.74) is 7.80. The van der Waals surface area contributed by atoms with E-state index in [9.17, 15) is 9.90 Å². The fourth-order valence-corrected chi connectivity index (χ4v) is 3.50. The van der Waals surface area contributed by atoms with Crippen LogP contribution < -0.4 is 10.5 Å². The minimum absolute atomic E-state index is 0.0990. The van der Waals surface area contributed by atoms with Crippen molar-refractivity contribution in [2.75, 3.05) is 5.73 Å². The van der Waals surface area contributed by atoms with E-state index < -0.39 is 5.97 Å². The van der Waals surface area contributed by atoms with Crippen molar-refractivity contribution in [3.63, 3.8) is 0 Å². The summed E-state index contributed by atoms with van der Waals surface area (Å²) in [5.74, 6) is -0.391. The van der Waals surface area contributed by atoms with Gasteiger partial charge < -0.3 is 15.6 Å². The Labute approximate surface area is 141 Å². The molecule has 5 heteroatoms. The highest BCUT2D eigenvalue weighted by molar-refractivity contribution is 6.06. The van der Waals surface area contributed by atoms with Gasteiger partial charge in [-0.25, -0.2) is 4.79 Å². The van der Waals surface area contributed by atoms with Crippen molar-refractivity contribution in [2.45, 2.75) is 58.0 Å². The van der Waals surface area contributed by atoms with E-state index in [4.69, 9.17) is 10.5 Å². The number of anilines is 1. The first kappa shape index (κ1) is 16.6. The number of nitrogen functional groups attached to an aromatic ring is 1. The average Bonchev–Trinajstić information content (AvgIpc) is 2.82. The quantitative estimate of drug-likeness (QED) is 0.822. The van der Waals surface area contributed by atoms with Crippen LogP contribution in [0, 0.1) is 0 Å². The van der Waals surface area contributed by atoms with Crippen molar-refractivity contribution < 1.29 is 14.6 Å². The highest BCUT2D eigenvalue weighted by Crippen LogP contribution is 2.35. The highest BCUT2D eigenvalue weighted by Gasteiger charge is 2.22. The van der Waals surface area contributed by atoms with E-state index in [2.05, 4.69) is 4.98 Å². The lowest BCUT2D eigenvalue weighted by Crippen LogP contribution is -2.16. The molecule has 5 nitrogen and oxygen atoms in total. The van der Waals surface area contributed by atoms with Crippen LogP contribution in [-0.2, 0) is 6.42 Å². The van der Waals surface area contributed by atoms with Crippen LogP contribution >= 0.6 is 0 Å². The van der Waals surface area contributed by atoms with Gasteiger partial charge in [-0.05, 0) is 44.2 Å². The summed E-state index contributed by atoms with van der Waals surface area (Å²) in [5, 5.41) is 10.1. The number of carboxylic acids is 1. The highest BCUT2D eigenvalue weighted by atomic mass is 16.5. The molecule has 0 unspecified atom stereocenters. The molecule has 1 aromatic heterocycles. The number of hydrogen-bond acceptors (Lipinski definition) is 4. The topological polar surface area (TPSA) is 85.4 Å². The van der Waals surface area contributed by atoms with E-state index in [0.29, 0.717) is 28.8 Å². The Bertz CT molecular complexity index is 750. The number of nitrogens with zero attached hydrogens (tertiary/aromatic N) is 1. The molecule has 1 fully saturated rings. The molecular weight excluding hydrogens is 304 g/mol. The first-order chi connectivity index (χ1) is 11.6. The Morgan fingerprint density at radius 2 is 2.00 bits per heavy atom. The van der Waals surface area contributed by atoms with Crippen LogP contribution in [0.3, 0.4) is 0 Å². The molecule has 0 amide bonds. The lowest BCUT2D eigenvalue weighted by molar-refractivity contribution is 0.0696. The van der Waals surface area contributed by atoms with Crippen LogP contribution in [0.25, 0.3) is 10.9 Å². The molecule has 0 atom stereocenters. The summed E-state index contributed by atoms with van der Waals surface area (Å²) in [6, 6.07) is 5.61. The molecule has 128 valence electrons. The molecule has 0 bridgehead atoms. The molecule has 3 rings (SSSR count).